The van der Waals surface area contributed by atoms with Gasteiger partial charge in [0.05, 0.1) is 9.82 Å². The van der Waals surface area contributed by atoms with Crippen molar-refractivity contribution in [2.45, 2.75) is 30.7 Å². The third-order valence-electron chi connectivity index (χ3n) is 5.07. The molecule has 146 valence electrons. The molecule has 1 saturated carbocycles. The van der Waals surface area contributed by atoms with Gasteiger partial charge in [0.25, 0.3) is 15.7 Å². The standard InChI is InChI=1S/C19H19N3O5S/c23-19(14-1-2-14)21-10-9-13-3-4-16(11-15(13)12-21)20-28(26,27)18-7-5-17(6-8-18)22(24)25/h3-8,11,14,20H,1-2,9-10,12H2. The molecule has 0 unspecified atom stereocenters. The second-order valence-corrected chi connectivity index (χ2v) is 8.81. The highest BCUT2D eigenvalue weighted by atomic mass is 32.2. The molecule has 1 N–H and O–H groups in total. The van der Waals surface area contributed by atoms with Crippen molar-refractivity contribution in [3.05, 3.63) is 63.7 Å². The SMILES string of the molecule is O=C(C1CC1)N1CCc2ccc(NS(=O)(=O)c3ccc([N+](=O)[O-])cc3)cc2C1. The van der Waals surface area contributed by atoms with Crippen LogP contribution >= 0.6 is 0 Å². The van der Waals surface area contributed by atoms with Gasteiger partial charge in [0.15, 0.2) is 0 Å². The highest BCUT2D eigenvalue weighted by Gasteiger charge is 2.34. The van der Waals surface area contributed by atoms with Gasteiger partial charge >= 0.3 is 0 Å². The first-order valence-corrected chi connectivity index (χ1v) is 10.5. The summed E-state index contributed by atoms with van der Waals surface area (Å²) >= 11 is 0. The third kappa shape index (κ3) is 3.70. The minimum absolute atomic E-state index is 0.0543. The van der Waals surface area contributed by atoms with Gasteiger partial charge in [-0.05, 0) is 54.7 Å². The summed E-state index contributed by atoms with van der Waals surface area (Å²) in [6.07, 6.45) is 2.66. The number of rotatable bonds is 5. The van der Waals surface area contributed by atoms with Crippen LogP contribution in [0.2, 0.25) is 0 Å². The van der Waals surface area contributed by atoms with Crippen LogP contribution in [0, 0.1) is 16.0 Å². The lowest BCUT2D eigenvalue weighted by atomic mass is 9.99. The van der Waals surface area contributed by atoms with Crippen LogP contribution in [0.4, 0.5) is 11.4 Å². The van der Waals surface area contributed by atoms with E-state index < -0.39 is 14.9 Å². The Balaban J connectivity index is 1.52. The molecule has 0 bridgehead atoms. The number of sulfonamides is 1. The molecule has 2 aliphatic rings. The molecule has 8 nitrogen and oxygen atoms in total. The smallest absolute Gasteiger partial charge is 0.269 e. The van der Waals surface area contributed by atoms with E-state index in [0.717, 1.165) is 42.5 Å². The number of amides is 1. The lowest BCUT2D eigenvalue weighted by Crippen LogP contribution is -2.36. The lowest BCUT2D eigenvalue weighted by Gasteiger charge is -2.29. The van der Waals surface area contributed by atoms with E-state index >= 15 is 0 Å². The van der Waals surface area contributed by atoms with Gasteiger partial charge in [-0.15, -0.1) is 0 Å². The molecule has 1 aliphatic heterocycles. The number of nitro benzene ring substituents is 1. The summed E-state index contributed by atoms with van der Waals surface area (Å²) in [6.45, 7) is 1.17. The summed E-state index contributed by atoms with van der Waals surface area (Å²) in [7, 11) is -3.87. The Hall–Kier alpha value is -2.94. The van der Waals surface area contributed by atoms with Gasteiger partial charge < -0.3 is 4.90 Å². The summed E-state index contributed by atoms with van der Waals surface area (Å²) in [5.74, 6) is 0.341. The number of anilines is 1. The normalized spacial score (nSPS) is 16.4. The summed E-state index contributed by atoms with van der Waals surface area (Å²) in [6, 6.07) is 10.0. The number of carbonyl (C=O) groups is 1. The highest BCUT2D eigenvalue weighted by Crippen LogP contribution is 2.33. The van der Waals surface area contributed by atoms with E-state index in [0.29, 0.717) is 18.8 Å². The molecule has 2 aromatic carbocycles. The zero-order valence-corrected chi connectivity index (χ0v) is 15.8. The maximum absolute atomic E-state index is 12.6. The van der Waals surface area contributed by atoms with E-state index in [1.165, 1.54) is 12.1 Å². The molecule has 1 aliphatic carbocycles. The van der Waals surface area contributed by atoms with Crippen molar-refractivity contribution in [3.8, 4) is 0 Å². The summed E-state index contributed by atoms with van der Waals surface area (Å²) in [4.78, 5) is 24.2. The Kier molecular flexibility index (Phi) is 4.54. The minimum atomic E-state index is -3.87. The van der Waals surface area contributed by atoms with Gasteiger partial charge in [-0.2, -0.15) is 0 Å². The maximum Gasteiger partial charge on any atom is 0.269 e. The fourth-order valence-electron chi connectivity index (χ4n) is 3.36. The summed E-state index contributed by atoms with van der Waals surface area (Å²) in [5.41, 5.74) is 2.27. The fourth-order valence-corrected chi connectivity index (χ4v) is 4.41. The Labute approximate surface area is 162 Å². The molecule has 0 spiro atoms. The molecule has 1 fully saturated rings. The number of hydrogen-bond acceptors (Lipinski definition) is 5. The third-order valence-corrected chi connectivity index (χ3v) is 6.46. The van der Waals surface area contributed by atoms with E-state index in [1.807, 2.05) is 11.0 Å². The second kappa shape index (κ2) is 6.90. The minimum Gasteiger partial charge on any atom is -0.338 e. The van der Waals surface area contributed by atoms with Gasteiger partial charge in [-0.1, -0.05) is 6.07 Å². The first-order valence-electron chi connectivity index (χ1n) is 9.01. The molecular weight excluding hydrogens is 382 g/mol. The van der Waals surface area contributed by atoms with Crippen molar-refractivity contribution in [1.29, 1.82) is 0 Å². The Morgan fingerprint density at radius 1 is 1.11 bits per heavy atom. The predicted molar refractivity (Wildman–Crippen MR) is 102 cm³/mol. The van der Waals surface area contributed by atoms with E-state index in [2.05, 4.69) is 4.72 Å². The monoisotopic (exact) mass is 401 g/mol. The highest BCUT2D eigenvalue weighted by molar-refractivity contribution is 7.92. The van der Waals surface area contributed by atoms with E-state index in [9.17, 15) is 23.3 Å². The van der Waals surface area contributed by atoms with Crippen molar-refractivity contribution in [1.82, 2.24) is 4.90 Å². The number of carbonyl (C=O) groups excluding carboxylic acids is 1. The molecular formula is C19H19N3O5S. The predicted octanol–water partition coefficient (Wildman–Crippen LogP) is 2.69. The summed E-state index contributed by atoms with van der Waals surface area (Å²) < 4.78 is 27.7. The van der Waals surface area contributed by atoms with Crippen LogP contribution in [0.1, 0.15) is 24.0 Å². The van der Waals surface area contributed by atoms with Crippen LogP contribution in [-0.4, -0.2) is 30.7 Å². The van der Waals surface area contributed by atoms with Gasteiger partial charge in [-0.25, -0.2) is 8.42 Å². The van der Waals surface area contributed by atoms with Gasteiger partial charge in [0.1, 0.15) is 0 Å². The number of nitrogens with zero attached hydrogens (tertiary/aromatic N) is 2. The van der Waals surface area contributed by atoms with Crippen LogP contribution in [0.5, 0.6) is 0 Å². The number of non-ortho nitro benzene ring substituents is 1. The molecule has 2 aromatic rings. The van der Waals surface area contributed by atoms with E-state index in [4.69, 9.17) is 0 Å². The van der Waals surface area contributed by atoms with Gasteiger partial charge in [0.2, 0.25) is 5.91 Å². The van der Waals surface area contributed by atoms with Crippen molar-refractivity contribution in [2.24, 2.45) is 5.92 Å². The molecule has 28 heavy (non-hydrogen) atoms. The molecule has 0 atom stereocenters. The fraction of sp³-hybridized carbons (Fsp3) is 0.316. The number of nitro groups is 1. The van der Waals surface area contributed by atoms with E-state index in [-0.39, 0.29) is 22.4 Å². The van der Waals surface area contributed by atoms with Crippen LogP contribution in [0.3, 0.4) is 0 Å². The quantitative estimate of drug-likeness (QED) is 0.612. The summed E-state index contributed by atoms with van der Waals surface area (Å²) in [5, 5.41) is 10.7. The van der Waals surface area contributed by atoms with Crippen molar-refractivity contribution in [3.63, 3.8) is 0 Å². The Bertz CT molecular complexity index is 1050. The van der Waals surface area contributed by atoms with Crippen molar-refractivity contribution in [2.75, 3.05) is 11.3 Å². The average Bonchev–Trinajstić information content (AvgIpc) is 3.52. The zero-order valence-electron chi connectivity index (χ0n) is 15.0. The molecule has 9 heteroatoms. The lowest BCUT2D eigenvalue weighted by molar-refractivity contribution is -0.384. The molecule has 1 amide bonds. The zero-order chi connectivity index (χ0) is 19.9. The van der Waals surface area contributed by atoms with E-state index in [1.54, 1.807) is 12.1 Å². The number of benzene rings is 2. The van der Waals surface area contributed by atoms with Crippen molar-refractivity contribution >= 4 is 27.3 Å². The largest absolute Gasteiger partial charge is 0.338 e. The second-order valence-electron chi connectivity index (χ2n) is 7.12. The van der Waals surface area contributed by atoms with Crippen LogP contribution in [-0.2, 0) is 27.8 Å². The average molecular weight is 401 g/mol. The van der Waals surface area contributed by atoms with Crippen molar-refractivity contribution < 1.29 is 18.1 Å². The van der Waals surface area contributed by atoms with Crippen LogP contribution in [0.15, 0.2) is 47.4 Å². The Morgan fingerprint density at radius 3 is 2.46 bits per heavy atom. The van der Waals surface area contributed by atoms with Crippen LogP contribution < -0.4 is 4.72 Å². The maximum atomic E-state index is 12.6. The molecule has 0 radical (unpaired) electrons. The first-order chi connectivity index (χ1) is 13.3. The Morgan fingerprint density at radius 2 is 1.82 bits per heavy atom. The molecule has 1 heterocycles. The van der Waals surface area contributed by atoms with Crippen LogP contribution in [0.25, 0.3) is 0 Å². The molecule has 0 saturated heterocycles. The first kappa shape index (κ1) is 18.4. The number of nitrogens with one attached hydrogen (secondary N) is 1. The topological polar surface area (TPSA) is 110 Å². The van der Waals surface area contributed by atoms with Gasteiger partial charge in [0, 0.05) is 36.8 Å². The number of fused-ring (bicyclic) bond motifs is 1. The molecule has 4 rings (SSSR count). The molecule has 0 aromatic heterocycles. The van der Waals surface area contributed by atoms with Gasteiger partial charge in [-0.3, -0.25) is 19.6 Å². The number of hydrogen-bond donors (Lipinski definition) is 1.